The van der Waals surface area contributed by atoms with E-state index >= 15 is 0 Å². The Morgan fingerprint density at radius 2 is 1.65 bits per heavy atom. The van der Waals surface area contributed by atoms with Gasteiger partial charge in [-0.3, -0.25) is 9.35 Å². The first kappa shape index (κ1) is 26.0. The van der Waals surface area contributed by atoms with E-state index in [9.17, 15) is 30.9 Å². The van der Waals surface area contributed by atoms with Crippen LogP contribution in [0.2, 0.25) is 0 Å². The highest BCUT2D eigenvalue weighted by Gasteiger charge is 2.41. The average Bonchev–Trinajstić information content (AvgIpc) is 2.66. The molecule has 186 valence electrons. The molecule has 2 N–H and O–H groups in total. The number of nitrogens with one attached hydrogen (secondary N) is 1. The largest absolute Gasteiger partial charge is 0.416 e. The fourth-order valence-corrected chi connectivity index (χ4v) is 5.66. The maximum atomic E-state index is 13.0. The molecule has 0 saturated heterocycles. The van der Waals surface area contributed by atoms with Gasteiger partial charge in [-0.2, -0.15) is 21.6 Å². The zero-order valence-electron chi connectivity index (χ0n) is 19.7. The van der Waals surface area contributed by atoms with E-state index in [0.717, 1.165) is 17.3 Å². The molecule has 10 heteroatoms. The second-order valence-electron chi connectivity index (χ2n) is 9.86. The topological polar surface area (TPSA) is 86.7 Å². The van der Waals surface area contributed by atoms with Crippen molar-refractivity contribution in [2.45, 2.75) is 59.0 Å². The number of carbonyl (C=O) groups is 1. The number of fused-ring (bicyclic) bond motifs is 1. The van der Waals surface area contributed by atoms with E-state index in [-0.39, 0.29) is 0 Å². The number of amides is 1. The van der Waals surface area contributed by atoms with Gasteiger partial charge in [0.25, 0.3) is 10.1 Å². The van der Waals surface area contributed by atoms with Gasteiger partial charge in [0.15, 0.2) is 5.25 Å². The molecular formula is C24H29F3N2O4S. The average molecular weight is 499 g/mol. The van der Waals surface area contributed by atoms with Gasteiger partial charge in [0.1, 0.15) is 0 Å². The highest BCUT2D eigenvalue weighted by molar-refractivity contribution is 7.87. The Kier molecular flexibility index (Phi) is 6.80. The van der Waals surface area contributed by atoms with Crippen LogP contribution in [0.5, 0.6) is 0 Å². The third kappa shape index (κ3) is 5.55. The Morgan fingerprint density at radius 1 is 1.06 bits per heavy atom. The van der Waals surface area contributed by atoms with E-state index in [1.807, 2.05) is 12.1 Å². The number of nitrogens with zero attached hydrogens (tertiary/aromatic N) is 1. The third-order valence-corrected chi connectivity index (χ3v) is 7.52. The summed E-state index contributed by atoms with van der Waals surface area (Å²) in [6.45, 7) is 9.21. The monoisotopic (exact) mass is 498 g/mol. The van der Waals surface area contributed by atoms with Gasteiger partial charge in [-0.05, 0) is 72.2 Å². The van der Waals surface area contributed by atoms with Crippen LogP contribution in [0, 0.1) is 19.3 Å². The Hall–Kier alpha value is -2.59. The molecule has 0 bridgehead atoms. The predicted octanol–water partition coefficient (Wildman–Crippen LogP) is 5.13. The minimum absolute atomic E-state index is 0.451. The summed E-state index contributed by atoms with van der Waals surface area (Å²) < 4.78 is 72.3. The van der Waals surface area contributed by atoms with Crippen LogP contribution in [0.1, 0.15) is 48.6 Å². The SMILES string of the molecule is Cc1cc(N2CCc3cc(C(F)(F)F)ccc3C2)cc(C)c1NC(=O)C(C(C)(C)C)S(=O)(=O)O. The number of carbonyl (C=O) groups excluding carboxylic acids is 1. The molecule has 1 aliphatic rings. The van der Waals surface area contributed by atoms with E-state index < -0.39 is 38.4 Å². The molecule has 1 amide bonds. The molecule has 0 aromatic heterocycles. The summed E-state index contributed by atoms with van der Waals surface area (Å²) in [6.07, 6.45) is -3.90. The summed E-state index contributed by atoms with van der Waals surface area (Å²) in [7, 11) is -4.62. The second kappa shape index (κ2) is 8.88. The highest BCUT2D eigenvalue weighted by Crippen LogP contribution is 2.35. The first-order chi connectivity index (χ1) is 15.5. The summed E-state index contributed by atoms with van der Waals surface area (Å²) in [5, 5.41) is 1.01. The Labute approximate surface area is 197 Å². The number of hydrogen-bond acceptors (Lipinski definition) is 4. The maximum absolute atomic E-state index is 13.0. The quantitative estimate of drug-likeness (QED) is 0.571. The maximum Gasteiger partial charge on any atom is 0.416 e. The predicted molar refractivity (Wildman–Crippen MR) is 126 cm³/mol. The molecular weight excluding hydrogens is 469 g/mol. The van der Waals surface area contributed by atoms with Crippen molar-refractivity contribution in [1.29, 1.82) is 0 Å². The lowest BCUT2D eigenvalue weighted by molar-refractivity contribution is -0.137. The molecule has 1 heterocycles. The summed E-state index contributed by atoms with van der Waals surface area (Å²) in [6, 6.07) is 7.51. The van der Waals surface area contributed by atoms with Crippen molar-refractivity contribution in [1.82, 2.24) is 0 Å². The van der Waals surface area contributed by atoms with Crippen LogP contribution < -0.4 is 10.2 Å². The zero-order chi connectivity index (χ0) is 25.6. The molecule has 34 heavy (non-hydrogen) atoms. The summed E-state index contributed by atoms with van der Waals surface area (Å²) in [5.74, 6) is -0.818. The van der Waals surface area contributed by atoms with Crippen molar-refractivity contribution in [2.24, 2.45) is 5.41 Å². The van der Waals surface area contributed by atoms with Gasteiger partial charge < -0.3 is 10.2 Å². The number of alkyl halides is 3. The van der Waals surface area contributed by atoms with E-state index in [2.05, 4.69) is 10.2 Å². The van der Waals surface area contributed by atoms with Crippen molar-refractivity contribution in [3.05, 3.63) is 58.1 Å². The van der Waals surface area contributed by atoms with Crippen LogP contribution in [-0.2, 0) is 34.1 Å². The summed E-state index contributed by atoms with van der Waals surface area (Å²) in [5.41, 5.74) is 2.54. The number of benzene rings is 2. The third-order valence-electron chi connectivity index (χ3n) is 6.00. The van der Waals surface area contributed by atoms with Crippen molar-refractivity contribution in [3.63, 3.8) is 0 Å². The van der Waals surface area contributed by atoms with Gasteiger partial charge in [0.2, 0.25) is 5.91 Å². The van der Waals surface area contributed by atoms with Gasteiger partial charge in [0, 0.05) is 24.5 Å². The summed E-state index contributed by atoms with van der Waals surface area (Å²) >= 11 is 0. The minimum atomic E-state index is -4.62. The molecule has 1 aliphatic heterocycles. The van der Waals surface area contributed by atoms with Crippen molar-refractivity contribution in [2.75, 3.05) is 16.8 Å². The lowest BCUT2D eigenvalue weighted by Crippen LogP contribution is -2.44. The summed E-state index contributed by atoms with van der Waals surface area (Å²) in [4.78, 5) is 14.8. The van der Waals surface area contributed by atoms with E-state index in [1.165, 1.54) is 12.1 Å². The van der Waals surface area contributed by atoms with Gasteiger partial charge in [0.05, 0.1) is 5.56 Å². The molecule has 3 rings (SSSR count). The molecule has 6 nitrogen and oxygen atoms in total. The van der Waals surface area contributed by atoms with Gasteiger partial charge >= 0.3 is 6.18 Å². The number of rotatable bonds is 4. The zero-order valence-corrected chi connectivity index (χ0v) is 20.6. The minimum Gasteiger partial charge on any atom is -0.367 e. The van der Waals surface area contributed by atoms with Crippen LogP contribution in [0.4, 0.5) is 24.5 Å². The fraction of sp³-hybridized carbons (Fsp3) is 0.458. The van der Waals surface area contributed by atoms with Crippen molar-refractivity contribution >= 4 is 27.4 Å². The van der Waals surface area contributed by atoms with Gasteiger partial charge in [-0.15, -0.1) is 0 Å². The second-order valence-corrected chi connectivity index (χ2v) is 11.4. The van der Waals surface area contributed by atoms with Crippen molar-refractivity contribution in [3.8, 4) is 0 Å². The van der Waals surface area contributed by atoms with Crippen LogP contribution >= 0.6 is 0 Å². The Balaban J connectivity index is 1.85. The molecule has 0 fully saturated rings. The van der Waals surface area contributed by atoms with Crippen LogP contribution in [0.3, 0.4) is 0 Å². The normalized spacial score (nSPS) is 15.6. The first-order valence-corrected chi connectivity index (χ1v) is 12.3. The molecule has 0 spiro atoms. The van der Waals surface area contributed by atoms with Gasteiger partial charge in [-0.25, -0.2) is 0 Å². The first-order valence-electron chi connectivity index (χ1n) is 10.8. The molecule has 0 saturated carbocycles. The molecule has 2 aromatic rings. The molecule has 1 atom stereocenters. The van der Waals surface area contributed by atoms with Gasteiger partial charge in [-0.1, -0.05) is 26.8 Å². The number of hydrogen-bond donors (Lipinski definition) is 2. The smallest absolute Gasteiger partial charge is 0.367 e. The number of halogens is 3. The lowest BCUT2D eigenvalue weighted by atomic mass is 9.91. The number of anilines is 2. The fourth-order valence-electron chi connectivity index (χ4n) is 4.43. The lowest BCUT2D eigenvalue weighted by Gasteiger charge is -2.32. The van der Waals surface area contributed by atoms with E-state index in [0.29, 0.717) is 41.9 Å². The van der Waals surface area contributed by atoms with Crippen LogP contribution in [0.15, 0.2) is 30.3 Å². The molecule has 0 aliphatic carbocycles. The number of aryl methyl sites for hydroxylation is 2. The molecule has 0 radical (unpaired) electrons. The van der Waals surface area contributed by atoms with E-state index in [4.69, 9.17) is 0 Å². The van der Waals surface area contributed by atoms with E-state index in [1.54, 1.807) is 34.6 Å². The van der Waals surface area contributed by atoms with Crippen LogP contribution in [-0.4, -0.2) is 30.7 Å². The molecule has 2 aromatic carbocycles. The van der Waals surface area contributed by atoms with Crippen LogP contribution in [0.25, 0.3) is 0 Å². The standard InChI is InChI=1S/C24H29F3N2O4S/c1-14-10-19(29-9-8-16-12-18(24(25,26)27)7-6-17(16)13-29)11-15(2)20(14)28-22(30)21(23(3,4)5)34(31,32)33/h6-7,10-12,21H,8-9,13H2,1-5H3,(H,28,30)(H,31,32,33). The van der Waals surface area contributed by atoms with Crippen molar-refractivity contribution < 1.29 is 30.9 Å². The Bertz CT molecular complexity index is 1190. The Morgan fingerprint density at radius 3 is 2.15 bits per heavy atom. The molecule has 1 unspecified atom stereocenters. The highest BCUT2D eigenvalue weighted by atomic mass is 32.2.